The Kier molecular flexibility index (Phi) is 4.66. The van der Waals surface area contributed by atoms with Gasteiger partial charge in [0, 0.05) is 11.3 Å². The van der Waals surface area contributed by atoms with E-state index in [2.05, 4.69) is 4.72 Å². The average molecular weight is 317 g/mol. The Bertz CT molecular complexity index is 795. The third kappa shape index (κ3) is 3.74. The van der Waals surface area contributed by atoms with E-state index in [1.165, 1.54) is 19.1 Å². The maximum absolute atomic E-state index is 12.4. The predicted molar refractivity (Wildman–Crippen MR) is 87.8 cm³/mol. The number of sulfonamides is 1. The van der Waals surface area contributed by atoms with Crippen molar-refractivity contribution in [1.82, 2.24) is 0 Å². The van der Waals surface area contributed by atoms with Crippen LogP contribution in [0.3, 0.4) is 0 Å². The van der Waals surface area contributed by atoms with E-state index in [1.807, 2.05) is 32.0 Å². The molecule has 0 unspecified atom stereocenters. The van der Waals surface area contributed by atoms with Crippen molar-refractivity contribution < 1.29 is 13.2 Å². The monoisotopic (exact) mass is 317 g/mol. The predicted octanol–water partition coefficient (Wildman–Crippen LogP) is 3.81. The molecule has 5 heteroatoms. The van der Waals surface area contributed by atoms with Gasteiger partial charge in [-0.3, -0.25) is 9.52 Å². The van der Waals surface area contributed by atoms with Crippen molar-refractivity contribution in [3.63, 3.8) is 0 Å². The Balaban J connectivity index is 2.34. The highest BCUT2D eigenvalue weighted by molar-refractivity contribution is 7.92. The van der Waals surface area contributed by atoms with Gasteiger partial charge in [-0.1, -0.05) is 38.1 Å². The molecule has 0 aliphatic rings. The number of nitrogens with one attached hydrogen (secondary N) is 1. The molecule has 2 rings (SSSR count). The fraction of sp³-hybridized carbons (Fsp3) is 0.235. The maximum Gasteiger partial charge on any atom is 0.261 e. The molecular weight excluding hydrogens is 298 g/mol. The van der Waals surface area contributed by atoms with E-state index in [0.717, 1.165) is 5.56 Å². The van der Waals surface area contributed by atoms with Crippen LogP contribution < -0.4 is 4.72 Å². The van der Waals surface area contributed by atoms with Crippen LogP contribution in [-0.4, -0.2) is 14.2 Å². The number of carbonyl (C=O) groups is 1. The van der Waals surface area contributed by atoms with Crippen LogP contribution in [0.25, 0.3) is 0 Å². The van der Waals surface area contributed by atoms with Gasteiger partial charge in [-0.25, -0.2) is 8.42 Å². The lowest BCUT2D eigenvalue weighted by molar-refractivity contribution is 0.101. The number of hydrogen-bond donors (Lipinski definition) is 1. The summed E-state index contributed by atoms with van der Waals surface area (Å²) in [6, 6.07) is 13.3. The summed E-state index contributed by atoms with van der Waals surface area (Å²) in [5.74, 6) is 0.143. The van der Waals surface area contributed by atoms with Crippen molar-refractivity contribution in [2.75, 3.05) is 4.72 Å². The van der Waals surface area contributed by atoms with Gasteiger partial charge in [0.05, 0.1) is 4.90 Å². The van der Waals surface area contributed by atoms with Crippen LogP contribution in [0.2, 0.25) is 0 Å². The molecule has 0 bridgehead atoms. The summed E-state index contributed by atoms with van der Waals surface area (Å²) >= 11 is 0. The molecule has 0 aliphatic heterocycles. The smallest absolute Gasteiger partial charge is 0.261 e. The minimum absolute atomic E-state index is 0.0788. The molecule has 0 heterocycles. The molecule has 2 aromatic carbocycles. The molecule has 0 saturated carbocycles. The van der Waals surface area contributed by atoms with Gasteiger partial charge in [0.2, 0.25) is 0 Å². The molecule has 0 aliphatic carbocycles. The van der Waals surface area contributed by atoms with Crippen LogP contribution >= 0.6 is 0 Å². The Hall–Kier alpha value is -2.14. The van der Waals surface area contributed by atoms with Gasteiger partial charge < -0.3 is 0 Å². The Morgan fingerprint density at radius 1 is 1.05 bits per heavy atom. The summed E-state index contributed by atoms with van der Waals surface area (Å²) in [5, 5.41) is 0. The lowest BCUT2D eigenvalue weighted by atomic mass is 10.0. The van der Waals surface area contributed by atoms with Gasteiger partial charge in [0.1, 0.15) is 0 Å². The fourth-order valence-corrected chi connectivity index (χ4v) is 3.15. The molecular formula is C17H19NO3S. The minimum Gasteiger partial charge on any atom is -0.295 e. The Labute approximate surface area is 131 Å². The Morgan fingerprint density at radius 3 is 2.36 bits per heavy atom. The number of anilines is 1. The molecule has 4 nitrogen and oxygen atoms in total. The van der Waals surface area contributed by atoms with E-state index in [0.29, 0.717) is 17.2 Å². The van der Waals surface area contributed by atoms with Crippen molar-refractivity contribution in [1.29, 1.82) is 0 Å². The van der Waals surface area contributed by atoms with E-state index in [4.69, 9.17) is 0 Å². The van der Waals surface area contributed by atoms with Crippen LogP contribution in [0.15, 0.2) is 53.4 Å². The highest BCUT2D eigenvalue weighted by Gasteiger charge is 2.16. The molecule has 0 atom stereocenters. The first-order valence-corrected chi connectivity index (χ1v) is 8.51. The SMILES string of the molecule is CC(=O)c1cccc(S(=O)(=O)Nc2cccc(C(C)C)c2)c1. The second-order valence-electron chi connectivity index (χ2n) is 5.47. The quantitative estimate of drug-likeness (QED) is 0.853. The Morgan fingerprint density at radius 2 is 1.73 bits per heavy atom. The van der Waals surface area contributed by atoms with E-state index >= 15 is 0 Å². The standard InChI is InChI=1S/C17H19NO3S/c1-12(2)14-6-4-8-16(10-14)18-22(20,21)17-9-5-7-15(11-17)13(3)19/h4-12,18H,1-3H3. The van der Waals surface area contributed by atoms with Crippen LogP contribution in [0, 0.1) is 0 Å². The summed E-state index contributed by atoms with van der Waals surface area (Å²) in [6.45, 7) is 5.50. The van der Waals surface area contributed by atoms with Crippen molar-refractivity contribution in [3.8, 4) is 0 Å². The van der Waals surface area contributed by atoms with E-state index < -0.39 is 10.0 Å². The second-order valence-corrected chi connectivity index (χ2v) is 7.15. The number of carbonyl (C=O) groups excluding carboxylic acids is 1. The molecule has 0 aromatic heterocycles. The van der Waals surface area contributed by atoms with Crippen molar-refractivity contribution >= 4 is 21.5 Å². The number of Topliss-reactive ketones (excluding diaryl/α,β-unsaturated/α-hetero) is 1. The number of rotatable bonds is 5. The molecule has 116 valence electrons. The largest absolute Gasteiger partial charge is 0.295 e. The van der Waals surface area contributed by atoms with Gasteiger partial charge in [-0.15, -0.1) is 0 Å². The summed E-state index contributed by atoms with van der Waals surface area (Å²) in [5.41, 5.74) is 1.94. The lowest BCUT2D eigenvalue weighted by Crippen LogP contribution is -2.13. The zero-order valence-corrected chi connectivity index (χ0v) is 13.6. The molecule has 0 amide bonds. The number of hydrogen-bond acceptors (Lipinski definition) is 3. The van der Waals surface area contributed by atoms with Crippen LogP contribution in [0.4, 0.5) is 5.69 Å². The third-order valence-corrected chi connectivity index (χ3v) is 4.74. The van der Waals surface area contributed by atoms with Gasteiger partial charge in [0.15, 0.2) is 5.78 Å². The maximum atomic E-state index is 12.4. The van der Waals surface area contributed by atoms with Crippen molar-refractivity contribution in [3.05, 3.63) is 59.7 Å². The van der Waals surface area contributed by atoms with Crippen LogP contribution in [-0.2, 0) is 10.0 Å². The van der Waals surface area contributed by atoms with E-state index in [-0.39, 0.29) is 10.7 Å². The zero-order valence-electron chi connectivity index (χ0n) is 12.8. The zero-order chi connectivity index (χ0) is 16.3. The third-order valence-electron chi connectivity index (χ3n) is 3.36. The van der Waals surface area contributed by atoms with Gasteiger partial charge in [0.25, 0.3) is 10.0 Å². The lowest BCUT2D eigenvalue weighted by Gasteiger charge is -2.11. The minimum atomic E-state index is -3.71. The number of ketones is 1. The molecule has 22 heavy (non-hydrogen) atoms. The second kappa shape index (κ2) is 6.32. The summed E-state index contributed by atoms with van der Waals surface area (Å²) < 4.78 is 27.4. The summed E-state index contributed by atoms with van der Waals surface area (Å²) in [4.78, 5) is 11.5. The first-order valence-electron chi connectivity index (χ1n) is 7.03. The molecule has 2 aromatic rings. The van der Waals surface area contributed by atoms with Gasteiger partial charge in [-0.2, -0.15) is 0 Å². The van der Waals surface area contributed by atoms with Crippen LogP contribution in [0.5, 0.6) is 0 Å². The molecule has 0 saturated heterocycles. The van der Waals surface area contributed by atoms with Crippen molar-refractivity contribution in [2.24, 2.45) is 0 Å². The van der Waals surface area contributed by atoms with Gasteiger partial charge >= 0.3 is 0 Å². The first-order chi connectivity index (χ1) is 10.3. The van der Waals surface area contributed by atoms with Crippen molar-refractivity contribution in [2.45, 2.75) is 31.6 Å². The fourth-order valence-electron chi connectivity index (χ4n) is 2.06. The topological polar surface area (TPSA) is 63.2 Å². The van der Waals surface area contributed by atoms with Crippen LogP contribution in [0.1, 0.15) is 42.6 Å². The highest BCUT2D eigenvalue weighted by atomic mass is 32.2. The summed E-state index contributed by atoms with van der Waals surface area (Å²) in [7, 11) is -3.71. The summed E-state index contributed by atoms with van der Waals surface area (Å²) in [6.07, 6.45) is 0. The first kappa shape index (κ1) is 16.2. The number of benzene rings is 2. The van der Waals surface area contributed by atoms with E-state index in [1.54, 1.807) is 18.2 Å². The average Bonchev–Trinajstić information content (AvgIpc) is 2.47. The normalized spacial score (nSPS) is 11.5. The molecule has 0 radical (unpaired) electrons. The molecule has 0 spiro atoms. The highest BCUT2D eigenvalue weighted by Crippen LogP contribution is 2.21. The molecule has 1 N–H and O–H groups in total. The molecule has 0 fully saturated rings. The van der Waals surface area contributed by atoms with Gasteiger partial charge in [-0.05, 0) is 42.7 Å². The van der Waals surface area contributed by atoms with E-state index in [9.17, 15) is 13.2 Å².